The third-order valence-corrected chi connectivity index (χ3v) is 4.04. The molecule has 0 radical (unpaired) electrons. The molecule has 3 rings (SSSR count). The van der Waals surface area contributed by atoms with Crippen LogP contribution in [0.4, 0.5) is 5.69 Å². The lowest BCUT2D eigenvalue weighted by Gasteiger charge is -2.29. The van der Waals surface area contributed by atoms with E-state index < -0.39 is 11.9 Å². The normalized spacial score (nSPS) is 14.2. The summed E-state index contributed by atoms with van der Waals surface area (Å²) in [6.45, 7) is 0.612. The molecule has 0 spiro atoms. The predicted molar refractivity (Wildman–Crippen MR) is 88.9 cm³/mol. The minimum Gasteiger partial charge on any atom is -0.368 e. The number of benzene rings is 2. The lowest BCUT2D eigenvalue weighted by atomic mass is 10.0. The number of rotatable bonds is 5. The highest BCUT2D eigenvalue weighted by Crippen LogP contribution is 2.35. The number of nitrogens with zero attached hydrogens (tertiary/aromatic N) is 1. The van der Waals surface area contributed by atoms with Gasteiger partial charge in [-0.15, -0.1) is 0 Å². The molecule has 118 valence electrons. The van der Waals surface area contributed by atoms with E-state index in [9.17, 15) is 9.59 Å². The summed E-state index contributed by atoms with van der Waals surface area (Å²) in [7, 11) is 0. The summed E-state index contributed by atoms with van der Waals surface area (Å²) in [6, 6.07) is 17.2. The van der Waals surface area contributed by atoms with Crippen molar-refractivity contribution >= 4 is 17.5 Å². The van der Waals surface area contributed by atoms with Crippen LogP contribution in [0.5, 0.6) is 0 Å². The zero-order chi connectivity index (χ0) is 16.2. The maximum atomic E-state index is 12.7. The molecule has 0 saturated heterocycles. The van der Waals surface area contributed by atoms with Gasteiger partial charge in [-0.3, -0.25) is 9.59 Å². The lowest BCUT2D eigenvalue weighted by molar-refractivity contribution is -0.125. The van der Waals surface area contributed by atoms with Crippen LogP contribution in [0.15, 0.2) is 54.6 Å². The van der Waals surface area contributed by atoms with Crippen LogP contribution in [0, 0.1) is 0 Å². The molecule has 2 aromatic rings. The first kappa shape index (κ1) is 15.1. The van der Waals surface area contributed by atoms with Gasteiger partial charge in [0.2, 0.25) is 11.8 Å². The molecular weight excluding hydrogens is 290 g/mol. The molecule has 0 bridgehead atoms. The van der Waals surface area contributed by atoms with Crippen molar-refractivity contribution in [3.05, 3.63) is 65.7 Å². The van der Waals surface area contributed by atoms with Crippen LogP contribution in [0.25, 0.3) is 0 Å². The van der Waals surface area contributed by atoms with Gasteiger partial charge in [-0.2, -0.15) is 0 Å². The molecule has 0 fully saturated rings. The number of nitrogens with two attached hydrogens (primary N) is 1. The molecule has 3 N–H and O–H groups in total. The molecule has 1 atom stereocenters. The fourth-order valence-electron chi connectivity index (χ4n) is 3.01. The standard InChI is InChI=1S/C18H19N3O2/c19-16(22)12-20-18(23)17(14-7-2-1-3-8-14)21-11-10-13-6-4-5-9-15(13)21/h1-9,17H,10-12H2,(H2,19,22)(H,20,23)/t17-/m1/s1. The Labute approximate surface area is 135 Å². The number of nitrogens with one attached hydrogen (secondary N) is 1. The predicted octanol–water partition coefficient (Wildman–Crippen LogP) is 1.39. The smallest absolute Gasteiger partial charge is 0.247 e. The Balaban J connectivity index is 1.93. The van der Waals surface area contributed by atoms with E-state index in [1.165, 1.54) is 5.56 Å². The van der Waals surface area contributed by atoms with Gasteiger partial charge in [0.25, 0.3) is 0 Å². The Morgan fingerprint density at radius 3 is 2.52 bits per heavy atom. The number of hydrogen-bond acceptors (Lipinski definition) is 3. The number of para-hydroxylation sites is 1. The monoisotopic (exact) mass is 309 g/mol. The van der Waals surface area contributed by atoms with Gasteiger partial charge in [-0.1, -0.05) is 48.5 Å². The van der Waals surface area contributed by atoms with Crippen molar-refractivity contribution in [1.82, 2.24) is 5.32 Å². The number of fused-ring (bicyclic) bond motifs is 1. The van der Waals surface area contributed by atoms with Gasteiger partial charge in [-0.25, -0.2) is 0 Å². The maximum absolute atomic E-state index is 12.7. The first-order chi connectivity index (χ1) is 11.2. The van der Waals surface area contributed by atoms with E-state index in [0.717, 1.165) is 24.2 Å². The Hall–Kier alpha value is -2.82. The summed E-state index contributed by atoms with van der Waals surface area (Å²) in [5.74, 6) is -0.765. The molecule has 5 nitrogen and oxygen atoms in total. The Morgan fingerprint density at radius 2 is 1.78 bits per heavy atom. The highest BCUT2D eigenvalue weighted by atomic mass is 16.2. The van der Waals surface area contributed by atoms with Gasteiger partial charge in [0.15, 0.2) is 0 Å². The molecule has 2 aromatic carbocycles. The van der Waals surface area contributed by atoms with Crippen molar-refractivity contribution in [3.63, 3.8) is 0 Å². The zero-order valence-corrected chi connectivity index (χ0v) is 12.7. The fraction of sp³-hybridized carbons (Fsp3) is 0.222. The van der Waals surface area contributed by atoms with Crippen LogP contribution in [0.2, 0.25) is 0 Å². The highest BCUT2D eigenvalue weighted by Gasteiger charge is 2.32. The number of carbonyl (C=O) groups excluding carboxylic acids is 2. The zero-order valence-electron chi connectivity index (χ0n) is 12.7. The van der Waals surface area contributed by atoms with Crippen molar-refractivity contribution in [2.24, 2.45) is 5.73 Å². The van der Waals surface area contributed by atoms with Crippen molar-refractivity contribution < 1.29 is 9.59 Å². The Bertz CT molecular complexity index is 715. The third kappa shape index (κ3) is 3.18. The number of amides is 2. The second kappa shape index (κ2) is 6.52. The summed E-state index contributed by atoms with van der Waals surface area (Å²) in [5, 5.41) is 2.63. The Morgan fingerprint density at radius 1 is 1.09 bits per heavy atom. The molecule has 1 heterocycles. The molecule has 2 amide bonds. The highest BCUT2D eigenvalue weighted by molar-refractivity contribution is 5.90. The van der Waals surface area contributed by atoms with Crippen LogP contribution in [-0.2, 0) is 16.0 Å². The largest absolute Gasteiger partial charge is 0.368 e. The van der Waals surface area contributed by atoms with Crippen LogP contribution in [0.1, 0.15) is 17.2 Å². The lowest BCUT2D eigenvalue weighted by Crippen LogP contribution is -2.43. The van der Waals surface area contributed by atoms with Gasteiger partial charge < -0.3 is 16.0 Å². The Kier molecular flexibility index (Phi) is 4.28. The SMILES string of the molecule is NC(=O)CNC(=O)[C@@H](c1ccccc1)N1CCc2ccccc21. The molecule has 0 aromatic heterocycles. The van der Waals surface area contributed by atoms with E-state index in [0.29, 0.717) is 0 Å². The number of hydrogen-bond donors (Lipinski definition) is 2. The van der Waals surface area contributed by atoms with Crippen LogP contribution in [0.3, 0.4) is 0 Å². The fourth-order valence-corrected chi connectivity index (χ4v) is 3.01. The molecule has 0 aliphatic carbocycles. The first-order valence-electron chi connectivity index (χ1n) is 7.62. The van der Waals surface area contributed by atoms with E-state index >= 15 is 0 Å². The average Bonchev–Trinajstić information content (AvgIpc) is 2.98. The average molecular weight is 309 g/mol. The van der Waals surface area contributed by atoms with Gasteiger partial charge in [0.1, 0.15) is 6.04 Å². The van der Waals surface area contributed by atoms with Crippen molar-refractivity contribution in [3.8, 4) is 0 Å². The third-order valence-electron chi connectivity index (χ3n) is 4.04. The number of anilines is 1. The van der Waals surface area contributed by atoms with Gasteiger partial charge in [0, 0.05) is 12.2 Å². The van der Waals surface area contributed by atoms with E-state index in [1.807, 2.05) is 48.5 Å². The number of primary amides is 1. The van der Waals surface area contributed by atoms with Crippen molar-refractivity contribution in [2.45, 2.75) is 12.5 Å². The molecule has 1 aliphatic rings. The van der Waals surface area contributed by atoms with Gasteiger partial charge >= 0.3 is 0 Å². The van der Waals surface area contributed by atoms with E-state index in [1.54, 1.807) is 0 Å². The molecule has 5 heteroatoms. The van der Waals surface area contributed by atoms with E-state index in [-0.39, 0.29) is 12.5 Å². The quantitative estimate of drug-likeness (QED) is 0.876. The summed E-state index contributed by atoms with van der Waals surface area (Å²) < 4.78 is 0. The first-order valence-corrected chi connectivity index (χ1v) is 7.62. The summed E-state index contributed by atoms with van der Waals surface area (Å²) in [6.07, 6.45) is 0.905. The molecule has 0 saturated carbocycles. The molecular formula is C18H19N3O2. The summed E-state index contributed by atoms with van der Waals surface area (Å²) >= 11 is 0. The van der Waals surface area contributed by atoms with Crippen LogP contribution >= 0.6 is 0 Å². The van der Waals surface area contributed by atoms with Crippen molar-refractivity contribution in [1.29, 1.82) is 0 Å². The second-order valence-electron chi connectivity index (χ2n) is 5.57. The van der Waals surface area contributed by atoms with Gasteiger partial charge in [0.05, 0.1) is 6.54 Å². The molecule has 23 heavy (non-hydrogen) atoms. The van der Waals surface area contributed by atoms with Crippen molar-refractivity contribution in [2.75, 3.05) is 18.0 Å². The maximum Gasteiger partial charge on any atom is 0.247 e. The number of carbonyl (C=O) groups is 2. The minimum atomic E-state index is -0.549. The van der Waals surface area contributed by atoms with E-state index in [4.69, 9.17) is 5.73 Å². The van der Waals surface area contributed by atoms with Crippen LogP contribution < -0.4 is 16.0 Å². The second-order valence-corrected chi connectivity index (χ2v) is 5.57. The van der Waals surface area contributed by atoms with Crippen LogP contribution in [-0.4, -0.2) is 24.9 Å². The summed E-state index contributed by atoms with van der Waals surface area (Å²) in [4.78, 5) is 25.7. The summed E-state index contributed by atoms with van der Waals surface area (Å²) in [5.41, 5.74) is 8.33. The topological polar surface area (TPSA) is 75.4 Å². The van der Waals surface area contributed by atoms with E-state index in [2.05, 4.69) is 16.3 Å². The minimum absolute atomic E-state index is 0.155. The molecule has 0 unspecified atom stereocenters. The van der Waals surface area contributed by atoms with Gasteiger partial charge in [-0.05, 0) is 23.6 Å². The molecule has 1 aliphatic heterocycles.